The molecule has 3 aromatic carbocycles. The summed E-state index contributed by atoms with van der Waals surface area (Å²) in [4.78, 5) is 15.6. The first-order valence-corrected chi connectivity index (χ1v) is 10.0. The van der Waals surface area contributed by atoms with Gasteiger partial charge < -0.3 is 10.2 Å². The van der Waals surface area contributed by atoms with E-state index in [1.807, 2.05) is 67.6 Å². The molecule has 4 heteroatoms. The van der Waals surface area contributed by atoms with E-state index in [2.05, 4.69) is 6.58 Å². The van der Waals surface area contributed by atoms with Gasteiger partial charge in [0, 0.05) is 11.3 Å². The number of carbonyl (C=O) groups is 1. The van der Waals surface area contributed by atoms with Crippen LogP contribution in [-0.2, 0) is 5.54 Å². The van der Waals surface area contributed by atoms with Gasteiger partial charge >= 0.3 is 0 Å². The van der Waals surface area contributed by atoms with Crippen molar-refractivity contribution in [1.29, 1.82) is 0 Å². The fourth-order valence-corrected chi connectivity index (χ4v) is 4.33. The van der Waals surface area contributed by atoms with Gasteiger partial charge in [0.1, 0.15) is 17.0 Å². The van der Waals surface area contributed by atoms with Gasteiger partial charge in [0.05, 0.1) is 0 Å². The first-order valence-electron chi connectivity index (χ1n) is 10.0. The van der Waals surface area contributed by atoms with Crippen molar-refractivity contribution in [3.05, 3.63) is 132 Å². The van der Waals surface area contributed by atoms with E-state index >= 15 is 0 Å². The van der Waals surface area contributed by atoms with E-state index in [1.54, 1.807) is 41.3 Å². The van der Waals surface area contributed by atoms with Gasteiger partial charge in [0.25, 0.3) is 5.91 Å². The average Bonchev–Trinajstić information content (AvgIpc) is 3.04. The summed E-state index contributed by atoms with van der Waals surface area (Å²) in [5.74, 6) is 0.149. The zero-order valence-electron chi connectivity index (χ0n) is 17.2. The molecule has 0 spiro atoms. The van der Waals surface area contributed by atoms with Crippen molar-refractivity contribution in [2.45, 2.75) is 12.5 Å². The van der Waals surface area contributed by atoms with Crippen LogP contribution in [0.1, 0.15) is 34.0 Å². The molecule has 4 nitrogen and oxygen atoms in total. The molecule has 1 amide bonds. The standard InChI is InChI=1S/C27H23NO3/c1-3-7-21(8-4-2)28-26(31)24-9-5-6-10-25(24)27(28,19-11-15-22(29)16-12-19)20-13-17-23(30)18-14-20/h3-18,29-30H,1H2,2H3/b8-4-,21-7+. The van der Waals surface area contributed by atoms with E-state index in [0.717, 1.165) is 16.7 Å². The van der Waals surface area contributed by atoms with E-state index < -0.39 is 5.54 Å². The highest BCUT2D eigenvalue weighted by molar-refractivity contribution is 6.03. The number of allylic oxidation sites excluding steroid dienone is 4. The van der Waals surface area contributed by atoms with Gasteiger partial charge in [-0.25, -0.2) is 0 Å². The smallest absolute Gasteiger partial charge is 0.260 e. The Labute approximate surface area is 181 Å². The van der Waals surface area contributed by atoms with Crippen LogP contribution in [0.5, 0.6) is 11.5 Å². The molecule has 0 saturated heterocycles. The number of rotatable bonds is 5. The summed E-state index contributed by atoms with van der Waals surface area (Å²) < 4.78 is 0. The molecule has 0 aromatic heterocycles. The maximum Gasteiger partial charge on any atom is 0.260 e. The third kappa shape index (κ3) is 3.13. The minimum Gasteiger partial charge on any atom is -0.508 e. The lowest BCUT2D eigenvalue weighted by Gasteiger charge is -2.41. The quantitative estimate of drug-likeness (QED) is 0.548. The lowest BCUT2D eigenvalue weighted by atomic mass is 9.76. The minimum absolute atomic E-state index is 0.136. The molecule has 1 aliphatic rings. The van der Waals surface area contributed by atoms with Crippen LogP contribution in [0.15, 0.2) is 109 Å². The lowest BCUT2D eigenvalue weighted by Crippen LogP contribution is -2.44. The summed E-state index contributed by atoms with van der Waals surface area (Å²) >= 11 is 0. The third-order valence-corrected chi connectivity index (χ3v) is 5.54. The summed E-state index contributed by atoms with van der Waals surface area (Å²) in [7, 11) is 0. The molecule has 2 N–H and O–H groups in total. The molecule has 0 unspecified atom stereocenters. The fraction of sp³-hybridized carbons (Fsp3) is 0.0741. The number of phenols is 2. The minimum atomic E-state index is -0.997. The molecule has 0 bridgehead atoms. The highest BCUT2D eigenvalue weighted by Gasteiger charge is 2.53. The molecule has 0 atom stereocenters. The van der Waals surface area contributed by atoms with Crippen molar-refractivity contribution in [1.82, 2.24) is 4.90 Å². The van der Waals surface area contributed by atoms with Gasteiger partial charge in [0.15, 0.2) is 0 Å². The van der Waals surface area contributed by atoms with Crippen LogP contribution in [0.2, 0.25) is 0 Å². The van der Waals surface area contributed by atoms with Crippen molar-refractivity contribution in [3.63, 3.8) is 0 Å². The van der Waals surface area contributed by atoms with E-state index in [4.69, 9.17) is 0 Å². The van der Waals surface area contributed by atoms with Crippen molar-refractivity contribution in [2.75, 3.05) is 0 Å². The lowest BCUT2D eigenvalue weighted by molar-refractivity contribution is 0.0759. The molecular formula is C27H23NO3. The van der Waals surface area contributed by atoms with Gasteiger partial charge in [-0.15, -0.1) is 0 Å². The summed E-state index contributed by atoms with van der Waals surface area (Å²) in [6.07, 6.45) is 7.22. The number of carbonyl (C=O) groups excluding carboxylic acids is 1. The Bertz CT molecular complexity index is 1140. The molecule has 0 radical (unpaired) electrons. The van der Waals surface area contributed by atoms with Gasteiger partial charge in [-0.3, -0.25) is 9.69 Å². The predicted molar refractivity (Wildman–Crippen MR) is 122 cm³/mol. The molecule has 31 heavy (non-hydrogen) atoms. The van der Waals surface area contributed by atoms with Crippen LogP contribution in [0.3, 0.4) is 0 Å². The van der Waals surface area contributed by atoms with E-state index in [0.29, 0.717) is 11.3 Å². The molecule has 0 saturated carbocycles. The Hall–Kier alpha value is -4.05. The molecule has 0 aliphatic carbocycles. The zero-order chi connectivity index (χ0) is 22.0. The Morgan fingerprint density at radius 3 is 1.97 bits per heavy atom. The van der Waals surface area contributed by atoms with Crippen LogP contribution in [0.4, 0.5) is 0 Å². The van der Waals surface area contributed by atoms with E-state index in [-0.39, 0.29) is 17.4 Å². The Kier molecular flexibility index (Phi) is 5.22. The van der Waals surface area contributed by atoms with Crippen LogP contribution in [0, 0.1) is 0 Å². The van der Waals surface area contributed by atoms with Gasteiger partial charge in [0.2, 0.25) is 0 Å². The highest BCUT2D eigenvalue weighted by atomic mass is 16.3. The number of nitrogens with zero attached hydrogens (tertiary/aromatic N) is 1. The van der Waals surface area contributed by atoms with Crippen molar-refractivity contribution in [2.24, 2.45) is 0 Å². The third-order valence-electron chi connectivity index (χ3n) is 5.54. The van der Waals surface area contributed by atoms with Crippen molar-refractivity contribution < 1.29 is 15.0 Å². The monoisotopic (exact) mass is 409 g/mol. The Balaban J connectivity index is 2.16. The van der Waals surface area contributed by atoms with Gasteiger partial charge in [-0.2, -0.15) is 0 Å². The second kappa shape index (κ2) is 8.00. The van der Waals surface area contributed by atoms with Gasteiger partial charge in [-0.05, 0) is 66.1 Å². The number of amides is 1. The molecule has 1 aliphatic heterocycles. The number of benzene rings is 3. The normalized spacial score (nSPS) is 15.3. The summed E-state index contributed by atoms with van der Waals surface area (Å²) in [6, 6.07) is 21.3. The maximum atomic E-state index is 13.8. The van der Waals surface area contributed by atoms with Crippen LogP contribution in [0.25, 0.3) is 0 Å². The number of aromatic hydroxyl groups is 2. The summed E-state index contributed by atoms with van der Waals surface area (Å²) in [6.45, 7) is 5.73. The molecule has 3 aromatic rings. The molecule has 1 heterocycles. The van der Waals surface area contributed by atoms with E-state index in [1.165, 1.54) is 0 Å². The first kappa shape index (κ1) is 20.2. The Morgan fingerprint density at radius 1 is 0.903 bits per heavy atom. The van der Waals surface area contributed by atoms with Crippen LogP contribution < -0.4 is 0 Å². The predicted octanol–water partition coefficient (Wildman–Crippen LogP) is 5.49. The summed E-state index contributed by atoms with van der Waals surface area (Å²) in [5, 5.41) is 19.9. The second-order valence-electron chi connectivity index (χ2n) is 7.32. The number of phenolic OH excluding ortho intramolecular Hbond substituents is 2. The number of hydrogen-bond donors (Lipinski definition) is 2. The second-order valence-corrected chi connectivity index (χ2v) is 7.32. The largest absolute Gasteiger partial charge is 0.508 e. The van der Waals surface area contributed by atoms with Crippen molar-refractivity contribution >= 4 is 5.91 Å². The van der Waals surface area contributed by atoms with E-state index in [9.17, 15) is 15.0 Å². The molecule has 154 valence electrons. The highest BCUT2D eigenvalue weighted by Crippen LogP contribution is 2.51. The van der Waals surface area contributed by atoms with Crippen LogP contribution in [-0.4, -0.2) is 21.0 Å². The molecular weight excluding hydrogens is 386 g/mol. The molecule has 4 rings (SSSR count). The average molecular weight is 409 g/mol. The maximum absolute atomic E-state index is 13.8. The topological polar surface area (TPSA) is 60.8 Å². The summed E-state index contributed by atoms with van der Waals surface area (Å²) in [5.41, 5.74) is 2.74. The van der Waals surface area contributed by atoms with Crippen molar-refractivity contribution in [3.8, 4) is 11.5 Å². The van der Waals surface area contributed by atoms with Gasteiger partial charge in [-0.1, -0.05) is 61.2 Å². The number of hydrogen-bond acceptors (Lipinski definition) is 3. The first-order chi connectivity index (χ1) is 15.0. The molecule has 0 fully saturated rings. The fourth-order valence-electron chi connectivity index (χ4n) is 4.33. The SMILES string of the molecule is C=C/C=C(\C=C/C)N1C(=O)c2ccccc2C1(c1ccc(O)cc1)c1ccc(O)cc1. The Morgan fingerprint density at radius 2 is 1.45 bits per heavy atom. The van der Waals surface area contributed by atoms with Crippen LogP contribution >= 0.6 is 0 Å². The zero-order valence-corrected chi connectivity index (χ0v) is 17.2. The number of fused-ring (bicyclic) bond motifs is 1.